The monoisotopic (exact) mass is 281 g/mol. The molecular formula is C15H27N3O2. The van der Waals surface area contributed by atoms with Crippen LogP contribution in [-0.4, -0.2) is 60.9 Å². The first kappa shape index (κ1) is 15.3. The van der Waals surface area contributed by atoms with Crippen LogP contribution in [-0.2, 0) is 9.59 Å². The van der Waals surface area contributed by atoms with E-state index in [1.807, 2.05) is 0 Å². The lowest BCUT2D eigenvalue weighted by Gasteiger charge is -2.35. The van der Waals surface area contributed by atoms with Crippen LogP contribution < -0.4 is 5.32 Å². The second kappa shape index (κ2) is 7.07. The van der Waals surface area contributed by atoms with Gasteiger partial charge in [-0.3, -0.25) is 9.59 Å². The van der Waals surface area contributed by atoms with Crippen molar-refractivity contribution in [1.29, 1.82) is 0 Å². The van der Waals surface area contributed by atoms with Crippen molar-refractivity contribution in [2.45, 2.75) is 57.0 Å². The molecule has 114 valence electrons. The summed E-state index contributed by atoms with van der Waals surface area (Å²) in [5, 5.41) is 2.91. The van der Waals surface area contributed by atoms with E-state index in [-0.39, 0.29) is 18.0 Å². The van der Waals surface area contributed by atoms with Crippen LogP contribution >= 0.6 is 0 Å². The zero-order valence-electron chi connectivity index (χ0n) is 12.7. The Kier molecular flexibility index (Phi) is 5.40. The molecule has 1 heterocycles. The molecule has 0 aromatic rings. The lowest BCUT2D eigenvalue weighted by molar-refractivity contribution is -0.147. The summed E-state index contributed by atoms with van der Waals surface area (Å²) >= 11 is 0. The number of carbonyl (C=O) groups excluding carboxylic acids is 2. The number of carbonyl (C=O) groups is 2. The molecule has 0 atom stereocenters. The summed E-state index contributed by atoms with van der Waals surface area (Å²) in [6.45, 7) is 1.99. The molecule has 5 nitrogen and oxygen atoms in total. The fraction of sp³-hybridized carbons (Fsp3) is 0.867. The number of likely N-dealkylation sites (tertiary alicyclic amines) is 1. The highest BCUT2D eigenvalue weighted by Crippen LogP contribution is 2.18. The average Bonchev–Trinajstić information content (AvgIpc) is 2.47. The summed E-state index contributed by atoms with van der Waals surface area (Å²) in [4.78, 5) is 28.1. The van der Waals surface area contributed by atoms with Gasteiger partial charge < -0.3 is 15.1 Å². The van der Waals surface area contributed by atoms with E-state index in [2.05, 4.69) is 17.3 Å². The van der Waals surface area contributed by atoms with E-state index < -0.39 is 5.91 Å². The van der Waals surface area contributed by atoms with Gasteiger partial charge >= 0.3 is 11.8 Å². The smallest absolute Gasteiger partial charge is 0.311 e. The first-order valence-electron chi connectivity index (χ1n) is 7.84. The Bertz CT molecular complexity index is 345. The molecule has 5 heteroatoms. The number of nitrogens with zero attached hydrogens (tertiary/aromatic N) is 2. The number of hydrogen-bond donors (Lipinski definition) is 1. The van der Waals surface area contributed by atoms with Crippen LogP contribution in [0.5, 0.6) is 0 Å². The fourth-order valence-corrected chi connectivity index (χ4v) is 3.20. The van der Waals surface area contributed by atoms with Gasteiger partial charge in [0.05, 0.1) is 0 Å². The number of hydrogen-bond acceptors (Lipinski definition) is 3. The maximum absolute atomic E-state index is 12.2. The topological polar surface area (TPSA) is 52.7 Å². The van der Waals surface area contributed by atoms with Crippen LogP contribution in [0.1, 0.15) is 44.9 Å². The largest absolute Gasteiger partial charge is 0.345 e. The summed E-state index contributed by atoms with van der Waals surface area (Å²) in [5.74, 6) is -0.788. The molecule has 2 fully saturated rings. The lowest BCUT2D eigenvalue weighted by Crippen LogP contribution is -2.51. The number of likely N-dealkylation sites (N-methyl/N-ethyl adjacent to an activating group) is 1. The van der Waals surface area contributed by atoms with Crippen molar-refractivity contribution in [3.8, 4) is 0 Å². The minimum atomic E-state index is -0.418. The highest BCUT2D eigenvalue weighted by atomic mass is 16.2. The van der Waals surface area contributed by atoms with Crippen LogP contribution in [0.2, 0.25) is 0 Å². The van der Waals surface area contributed by atoms with Crippen molar-refractivity contribution in [1.82, 2.24) is 15.1 Å². The zero-order chi connectivity index (χ0) is 14.5. The predicted octanol–water partition coefficient (Wildman–Crippen LogP) is 0.988. The fourth-order valence-electron chi connectivity index (χ4n) is 3.20. The second-order valence-corrected chi connectivity index (χ2v) is 6.26. The molecule has 0 radical (unpaired) electrons. The third-order valence-electron chi connectivity index (χ3n) is 4.69. The molecule has 1 saturated carbocycles. The lowest BCUT2D eigenvalue weighted by atomic mass is 9.95. The van der Waals surface area contributed by atoms with Crippen molar-refractivity contribution in [2.24, 2.45) is 0 Å². The van der Waals surface area contributed by atoms with Gasteiger partial charge in [-0.25, -0.2) is 0 Å². The molecule has 2 aliphatic rings. The third-order valence-corrected chi connectivity index (χ3v) is 4.69. The van der Waals surface area contributed by atoms with Gasteiger partial charge in [0.1, 0.15) is 0 Å². The summed E-state index contributed by atoms with van der Waals surface area (Å²) in [5.41, 5.74) is 0. The Labute approximate surface area is 121 Å². The van der Waals surface area contributed by atoms with Crippen molar-refractivity contribution in [3.05, 3.63) is 0 Å². The second-order valence-electron chi connectivity index (χ2n) is 6.26. The van der Waals surface area contributed by atoms with Crippen LogP contribution in [0.4, 0.5) is 0 Å². The molecular weight excluding hydrogens is 254 g/mol. The highest BCUT2D eigenvalue weighted by molar-refractivity contribution is 6.35. The number of amides is 2. The maximum atomic E-state index is 12.2. The summed E-state index contributed by atoms with van der Waals surface area (Å²) in [6.07, 6.45) is 7.49. The van der Waals surface area contributed by atoms with E-state index in [9.17, 15) is 9.59 Å². The maximum Gasteiger partial charge on any atom is 0.311 e. The Balaban J connectivity index is 1.81. The van der Waals surface area contributed by atoms with Crippen molar-refractivity contribution in [3.63, 3.8) is 0 Å². The normalized spacial score (nSPS) is 22.5. The number of nitrogens with one attached hydrogen (secondary N) is 1. The van der Waals surface area contributed by atoms with Crippen molar-refractivity contribution >= 4 is 11.8 Å². The molecule has 2 amide bonds. The molecule has 1 saturated heterocycles. The molecule has 0 aromatic heterocycles. The van der Waals surface area contributed by atoms with Crippen LogP contribution in [0, 0.1) is 0 Å². The highest BCUT2D eigenvalue weighted by Gasteiger charge is 2.29. The Morgan fingerprint density at radius 1 is 1.05 bits per heavy atom. The van der Waals surface area contributed by atoms with E-state index in [0.29, 0.717) is 0 Å². The van der Waals surface area contributed by atoms with Crippen LogP contribution in [0.3, 0.4) is 0 Å². The van der Waals surface area contributed by atoms with E-state index >= 15 is 0 Å². The standard InChI is InChI=1S/C15H27N3O2/c1-17-10-8-13(9-11-17)18(2)15(20)14(19)16-12-6-4-3-5-7-12/h12-13H,3-11H2,1-2H3,(H,16,19). The number of rotatable bonds is 2. The molecule has 1 aliphatic heterocycles. The molecule has 0 spiro atoms. The van der Waals surface area contributed by atoms with Crippen LogP contribution in [0.25, 0.3) is 0 Å². The number of piperidine rings is 1. The molecule has 2 rings (SSSR count). The van der Waals surface area contributed by atoms with E-state index in [0.717, 1.165) is 51.6 Å². The van der Waals surface area contributed by atoms with Gasteiger partial charge in [0.25, 0.3) is 0 Å². The summed E-state index contributed by atoms with van der Waals surface area (Å²) in [6, 6.07) is 0.405. The van der Waals surface area contributed by atoms with Gasteiger partial charge in [-0.15, -0.1) is 0 Å². The minimum Gasteiger partial charge on any atom is -0.345 e. The van der Waals surface area contributed by atoms with Gasteiger partial charge in [0, 0.05) is 19.1 Å². The summed E-state index contributed by atoms with van der Waals surface area (Å²) in [7, 11) is 3.85. The van der Waals surface area contributed by atoms with Crippen LogP contribution in [0.15, 0.2) is 0 Å². The SMILES string of the molecule is CN1CCC(N(C)C(=O)C(=O)NC2CCCCC2)CC1. The van der Waals surface area contributed by atoms with Gasteiger partial charge in [0.15, 0.2) is 0 Å². The Morgan fingerprint density at radius 2 is 1.65 bits per heavy atom. The Hall–Kier alpha value is -1.10. The molecule has 1 aliphatic carbocycles. The average molecular weight is 281 g/mol. The van der Waals surface area contributed by atoms with E-state index in [1.165, 1.54) is 6.42 Å². The van der Waals surface area contributed by atoms with Gasteiger partial charge in [0.2, 0.25) is 0 Å². The molecule has 0 aromatic carbocycles. The molecule has 0 unspecified atom stereocenters. The minimum absolute atomic E-state index is 0.200. The van der Waals surface area contributed by atoms with Crippen molar-refractivity contribution in [2.75, 3.05) is 27.2 Å². The third kappa shape index (κ3) is 3.95. The van der Waals surface area contributed by atoms with Crippen molar-refractivity contribution < 1.29 is 9.59 Å². The van der Waals surface area contributed by atoms with Gasteiger partial charge in [-0.1, -0.05) is 19.3 Å². The van der Waals surface area contributed by atoms with E-state index in [1.54, 1.807) is 11.9 Å². The predicted molar refractivity (Wildman–Crippen MR) is 78.3 cm³/mol. The van der Waals surface area contributed by atoms with E-state index in [4.69, 9.17) is 0 Å². The first-order valence-corrected chi connectivity index (χ1v) is 7.84. The quantitative estimate of drug-likeness (QED) is 0.768. The van der Waals surface area contributed by atoms with Gasteiger partial charge in [-0.2, -0.15) is 0 Å². The first-order chi connectivity index (χ1) is 9.58. The molecule has 0 bridgehead atoms. The zero-order valence-corrected chi connectivity index (χ0v) is 12.7. The summed E-state index contributed by atoms with van der Waals surface area (Å²) < 4.78 is 0. The van der Waals surface area contributed by atoms with Gasteiger partial charge in [-0.05, 0) is 45.8 Å². The molecule has 1 N–H and O–H groups in total. The molecule has 20 heavy (non-hydrogen) atoms. The Morgan fingerprint density at radius 3 is 2.25 bits per heavy atom.